The van der Waals surface area contributed by atoms with Crippen LogP contribution in [0.3, 0.4) is 0 Å². The van der Waals surface area contributed by atoms with Gasteiger partial charge in [0.15, 0.2) is 0 Å². The van der Waals surface area contributed by atoms with Gasteiger partial charge in [-0.3, -0.25) is 19.2 Å². The fourth-order valence-electron chi connectivity index (χ4n) is 8.42. The Hall–Kier alpha value is -4.90. The monoisotopic (exact) mass is 806 g/mol. The van der Waals surface area contributed by atoms with Crippen molar-refractivity contribution in [1.29, 1.82) is 0 Å². The third-order valence-corrected chi connectivity index (χ3v) is 11.9. The molecule has 2 aromatic heterocycles. The number of amides is 4. The summed E-state index contributed by atoms with van der Waals surface area (Å²) in [5.74, 6) is -2.21. The number of aromatic nitrogens is 2. The molecular weight excluding hydrogens is 751 g/mol. The maximum Gasteiger partial charge on any atom is 0.245 e. The third-order valence-electron chi connectivity index (χ3n) is 11.9. The van der Waals surface area contributed by atoms with E-state index in [0.29, 0.717) is 46.0 Å². The van der Waals surface area contributed by atoms with Gasteiger partial charge in [-0.15, -0.1) is 0 Å². The Labute approximate surface area is 336 Å². The minimum absolute atomic E-state index is 0.0711. The molecule has 0 unspecified atom stereocenters. The van der Waals surface area contributed by atoms with Crippen molar-refractivity contribution in [2.45, 2.75) is 115 Å². The first-order chi connectivity index (χ1) is 27.7. The van der Waals surface area contributed by atoms with Gasteiger partial charge in [-0.25, -0.2) is 8.78 Å². The number of aliphatic hydroxyl groups excluding tert-OH is 2. The summed E-state index contributed by atoms with van der Waals surface area (Å²) in [6.45, 7) is 7.15. The largest absolute Gasteiger partial charge is 0.391 e. The summed E-state index contributed by atoms with van der Waals surface area (Å²) in [6.07, 6.45) is 0.0738. The van der Waals surface area contributed by atoms with Crippen LogP contribution in [-0.2, 0) is 32.0 Å². The fourth-order valence-corrected chi connectivity index (χ4v) is 8.42. The number of aliphatic hydroxyl groups is 2. The van der Waals surface area contributed by atoms with E-state index in [1.54, 1.807) is 49.9 Å². The van der Waals surface area contributed by atoms with Gasteiger partial charge < -0.3 is 51.2 Å². The van der Waals surface area contributed by atoms with E-state index in [1.165, 1.54) is 24.3 Å². The van der Waals surface area contributed by atoms with E-state index in [0.717, 1.165) is 11.1 Å². The van der Waals surface area contributed by atoms with Crippen molar-refractivity contribution in [2.24, 2.45) is 0 Å². The molecule has 6 rings (SSSR count). The number of nitrogens with zero attached hydrogens (tertiary/aromatic N) is 2. The number of nitrogens with one attached hydrogen (secondary N) is 6. The summed E-state index contributed by atoms with van der Waals surface area (Å²) in [7, 11) is 3.31. The molecule has 2 aliphatic rings. The summed E-state index contributed by atoms with van der Waals surface area (Å²) in [5.41, 5.74) is 3.58. The Morgan fingerprint density at radius 3 is 1.43 bits per heavy atom. The van der Waals surface area contributed by atoms with Crippen LogP contribution in [0.15, 0.2) is 36.4 Å². The number of likely N-dealkylation sites (tertiary alicyclic amines) is 2. The molecule has 0 saturated carbocycles. The van der Waals surface area contributed by atoms with Crippen molar-refractivity contribution in [3.63, 3.8) is 0 Å². The topological polar surface area (TPSA) is 195 Å². The highest BCUT2D eigenvalue weighted by Gasteiger charge is 2.41. The van der Waals surface area contributed by atoms with Crippen LogP contribution in [0.5, 0.6) is 0 Å². The highest BCUT2D eigenvalue weighted by Crippen LogP contribution is 2.40. The molecule has 14 nitrogen and oxygen atoms in total. The molecule has 8 atom stereocenters. The summed E-state index contributed by atoms with van der Waals surface area (Å²) in [5, 5.41) is 34.7. The number of rotatable bonds is 15. The van der Waals surface area contributed by atoms with Gasteiger partial charge in [-0.2, -0.15) is 0 Å². The molecule has 16 heteroatoms. The van der Waals surface area contributed by atoms with E-state index < -0.39 is 60.1 Å². The number of carbonyl (C=O) groups excluding carboxylic acids is 4. The van der Waals surface area contributed by atoms with Crippen LogP contribution < -0.4 is 21.3 Å². The van der Waals surface area contributed by atoms with Gasteiger partial charge in [0.05, 0.1) is 35.7 Å². The van der Waals surface area contributed by atoms with Crippen molar-refractivity contribution in [1.82, 2.24) is 41.0 Å². The first kappa shape index (κ1) is 42.7. The molecule has 8 N–H and O–H groups in total. The first-order valence-electron chi connectivity index (χ1n) is 20.2. The van der Waals surface area contributed by atoms with Crippen molar-refractivity contribution in [3.8, 4) is 11.4 Å². The number of fused-ring (bicyclic) bond motifs is 2. The Morgan fingerprint density at radius 1 is 0.707 bits per heavy atom. The van der Waals surface area contributed by atoms with Crippen LogP contribution >= 0.6 is 0 Å². The predicted octanol–water partition coefficient (Wildman–Crippen LogP) is 2.61. The number of hydrogen-bond acceptors (Lipinski definition) is 8. The Kier molecular flexibility index (Phi) is 13.2. The van der Waals surface area contributed by atoms with Crippen LogP contribution in [-0.4, -0.2) is 129 Å². The van der Waals surface area contributed by atoms with Gasteiger partial charge in [0, 0.05) is 47.0 Å². The number of hydrogen-bond donors (Lipinski definition) is 8. The molecule has 2 aliphatic heterocycles. The summed E-state index contributed by atoms with van der Waals surface area (Å²) < 4.78 is 29.6. The van der Waals surface area contributed by atoms with Crippen molar-refractivity contribution < 1.29 is 38.2 Å². The molecule has 58 heavy (non-hydrogen) atoms. The molecule has 0 aliphatic carbocycles. The van der Waals surface area contributed by atoms with Gasteiger partial charge >= 0.3 is 0 Å². The zero-order chi connectivity index (χ0) is 42.0. The number of β-amino-alcohol motifs (C(OH)–C–C–N with tert-alkyl or cyclic N) is 2. The zero-order valence-electron chi connectivity index (χ0n) is 33.9. The number of H-pyrrole nitrogens is 2. The van der Waals surface area contributed by atoms with Crippen LogP contribution in [0.1, 0.15) is 64.5 Å². The predicted molar refractivity (Wildman–Crippen MR) is 217 cm³/mol. The Bertz CT molecular complexity index is 2010. The lowest BCUT2D eigenvalue weighted by Gasteiger charge is -2.30. The number of carbonyl (C=O) groups is 4. The molecule has 0 spiro atoms. The average Bonchev–Trinajstić information content (AvgIpc) is 3.96. The molecular formula is C42H56F2N8O6. The lowest BCUT2D eigenvalue weighted by Crippen LogP contribution is -2.53. The van der Waals surface area contributed by atoms with Gasteiger partial charge in [-0.05, 0) is 114 Å². The number of halogens is 2. The number of likely N-dealkylation sites (N-methyl/N-ethyl adjacent to an activating group) is 2. The average molecular weight is 807 g/mol. The zero-order valence-corrected chi connectivity index (χ0v) is 33.9. The second-order valence-corrected chi connectivity index (χ2v) is 15.8. The highest BCUT2D eigenvalue weighted by atomic mass is 19.1. The molecule has 314 valence electrons. The first-order valence-corrected chi connectivity index (χ1v) is 20.2. The quantitative estimate of drug-likeness (QED) is 0.0899. The second-order valence-electron chi connectivity index (χ2n) is 15.8. The van der Waals surface area contributed by atoms with E-state index in [9.17, 15) is 38.2 Å². The van der Waals surface area contributed by atoms with Crippen molar-refractivity contribution in [2.75, 3.05) is 27.2 Å². The van der Waals surface area contributed by atoms with Crippen LogP contribution in [0, 0.1) is 11.6 Å². The summed E-state index contributed by atoms with van der Waals surface area (Å²) in [4.78, 5) is 63.7. The highest BCUT2D eigenvalue weighted by molar-refractivity contribution is 5.97. The van der Waals surface area contributed by atoms with E-state index in [-0.39, 0.29) is 62.4 Å². The summed E-state index contributed by atoms with van der Waals surface area (Å²) in [6, 6.07) is 5.13. The summed E-state index contributed by atoms with van der Waals surface area (Å²) >= 11 is 0. The van der Waals surface area contributed by atoms with Crippen molar-refractivity contribution >= 4 is 45.4 Å². The van der Waals surface area contributed by atoms with E-state index in [4.69, 9.17) is 0 Å². The van der Waals surface area contributed by atoms with E-state index in [1.807, 2.05) is 13.8 Å². The normalized spacial score (nSPS) is 21.7. The lowest BCUT2D eigenvalue weighted by atomic mass is 9.94. The number of benzene rings is 2. The van der Waals surface area contributed by atoms with Crippen LogP contribution in [0.25, 0.3) is 33.2 Å². The van der Waals surface area contributed by atoms with Gasteiger partial charge in [0.1, 0.15) is 23.7 Å². The minimum atomic E-state index is -0.817. The minimum Gasteiger partial charge on any atom is -0.391 e. The van der Waals surface area contributed by atoms with Gasteiger partial charge in [0.2, 0.25) is 23.6 Å². The molecule has 0 bridgehead atoms. The smallest absolute Gasteiger partial charge is 0.245 e. The Morgan fingerprint density at radius 2 is 1.09 bits per heavy atom. The third kappa shape index (κ3) is 8.75. The van der Waals surface area contributed by atoms with Crippen LogP contribution in [0.4, 0.5) is 8.78 Å². The number of aromatic amines is 2. The van der Waals surface area contributed by atoms with E-state index >= 15 is 0 Å². The van der Waals surface area contributed by atoms with E-state index in [2.05, 4.69) is 31.2 Å². The van der Waals surface area contributed by atoms with Crippen LogP contribution in [0.2, 0.25) is 0 Å². The second kappa shape index (κ2) is 17.9. The molecule has 0 radical (unpaired) electrons. The molecule has 4 aromatic rings. The molecule has 2 fully saturated rings. The molecule has 4 amide bonds. The lowest BCUT2D eigenvalue weighted by molar-refractivity contribution is -0.138. The van der Waals surface area contributed by atoms with Crippen molar-refractivity contribution in [3.05, 3.63) is 59.2 Å². The SMILES string of the molecule is CC[C@@H](NC(=O)[C@H](C)NC)C(=O)N1C[C@@H](O)C[C@H]1Cc1c(-c2[nH]c3cc(F)ccc3c2C[C@@H]2C[C@H](O)CN2C(=O)[C@@H](CC)NC(=O)[C@H](C)NC)[nH]c2cc(F)ccc12. The fraction of sp³-hybridized carbons (Fsp3) is 0.524. The van der Waals surface area contributed by atoms with Gasteiger partial charge in [0.25, 0.3) is 0 Å². The molecule has 4 heterocycles. The molecule has 2 saturated heterocycles. The Balaban J connectivity index is 1.40. The maximum atomic E-state index is 14.8. The maximum absolute atomic E-state index is 14.8. The van der Waals surface area contributed by atoms with Gasteiger partial charge in [-0.1, -0.05) is 13.8 Å². The molecule has 2 aromatic carbocycles. The standard InChI is InChI=1S/C42H56F2N8O6/c1-7-33(49-39(55)21(3)45-5)41(57)51-19-27(53)15-25(51)17-31-29-11-9-23(43)13-35(29)47-37(31)38-32(30-12-10-24(44)14-36(30)48-38)18-26-16-28(54)20-52(26)42(58)34(8-2)50-40(56)22(4)46-6/h9-14,21-22,25-28,33-34,45-48,53-54H,7-8,15-20H2,1-6H3,(H,49,55)(H,50,56)/t21-,22-,25-,26-,27-,28-,33+,34+/m0/s1.